The Hall–Kier alpha value is -1.13. The van der Waals surface area contributed by atoms with E-state index in [4.69, 9.17) is 4.98 Å². The third-order valence-corrected chi connectivity index (χ3v) is 4.36. The summed E-state index contributed by atoms with van der Waals surface area (Å²) in [5.74, 6) is 1.12. The maximum absolute atomic E-state index is 4.85. The minimum Gasteiger partial charge on any atom is -0.358 e. The number of rotatable bonds is 7. The zero-order chi connectivity index (χ0) is 15.2. The van der Waals surface area contributed by atoms with Crippen LogP contribution < -0.4 is 10.2 Å². The van der Waals surface area contributed by atoms with E-state index < -0.39 is 0 Å². The van der Waals surface area contributed by atoms with Gasteiger partial charge in [0.05, 0.1) is 0 Å². The Morgan fingerprint density at radius 3 is 2.86 bits per heavy atom. The number of hydrogen-bond acceptors (Lipinski definition) is 4. The second-order valence-corrected chi connectivity index (χ2v) is 6.26. The molecule has 1 unspecified atom stereocenters. The number of aryl methyl sites for hydroxylation is 1. The minimum atomic E-state index is 0.666. The van der Waals surface area contributed by atoms with Gasteiger partial charge in [-0.3, -0.25) is 0 Å². The molecule has 0 radical (unpaired) electrons. The van der Waals surface area contributed by atoms with Crippen LogP contribution in [0.1, 0.15) is 37.4 Å². The van der Waals surface area contributed by atoms with E-state index in [-0.39, 0.29) is 0 Å². The van der Waals surface area contributed by atoms with Gasteiger partial charge in [0.1, 0.15) is 5.82 Å². The number of pyridine rings is 1. The van der Waals surface area contributed by atoms with E-state index in [2.05, 4.69) is 48.3 Å². The normalized spacial score (nSPS) is 19.1. The zero-order valence-electron chi connectivity index (χ0n) is 14.0. The average Bonchev–Trinajstić information content (AvgIpc) is 2.85. The predicted octanol–water partition coefficient (Wildman–Crippen LogP) is 2.28. The van der Waals surface area contributed by atoms with Crippen molar-refractivity contribution in [3.8, 4) is 0 Å². The first-order valence-corrected chi connectivity index (χ1v) is 8.19. The maximum Gasteiger partial charge on any atom is 0.128 e. The van der Waals surface area contributed by atoms with Crippen molar-refractivity contribution >= 4 is 5.82 Å². The molecule has 1 N–H and O–H groups in total. The van der Waals surface area contributed by atoms with Crippen molar-refractivity contribution in [2.75, 3.05) is 39.1 Å². The van der Waals surface area contributed by atoms with Gasteiger partial charge in [-0.15, -0.1) is 0 Å². The lowest BCUT2D eigenvalue weighted by molar-refractivity contribution is 0.314. The summed E-state index contributed by atoms with van der Waals surface area (Å²) in [5, 5.41) is 3.25. The number of nitrogens with zero attached hydrogens (tertiary/aromatic N) is 3. The molecule has 1 aromatic heterocycles. The molecule has 1 atom stereocenters. The molecular weight excluding hydrogens is 260 g/mol. The van der Waals surface area contributed by atoms with E-state index >= 15 is 0 Å². The van der Waals surface area contributed by atoms with Crippen LogP contribution in [0.15, 0.2) is 12.1 Å². The first-order chi connectivity index (χ1) is 10.1. The van der Waals surface area contributed by atoms with E-state index in [1.54, 1.807) is 0 Å². The summed E-state index contributed by atoms with van der Waals surface area (Å²) in [4.78, 5) is 9.65. The van der Waals surface area contributed by atoms with E-state index in [1.165, 1.54) is 30.6 Å². The first kappa shape index (κ1) is 16.2. The van der Waals surface area contributed by atoms with E-state index in [0.717, 1.165) is 31.7 Å². The molecule has 2 rings (SSSR count). The van der Waals surface area contributed by atoms with Crippen molar-refractivity contribution in [1.82, 2.24) is 15.2 Å². The smallest absolute Gasteiger partial charge is 0.128 e. The summed E-state index contributed by atoms with van der Waals surface area (Å²) in [6, 6.07) is 5.13. The molecule has 2 heterocycles. The topological polar surface area (TPSA) is 31.4 Å². The lowest BCUT2D eigenvalue weighted by Gasteiger charge is -2.27. The molecule has 4 nitrogen and oxygen atoms in total. The lowest BCUT2D eigenvalue weighted by Crippen LogP contribution is -2.37. The van der Waals surface area contributed by atoms with Gasteiger partial charge in [0, 0.05) is 31.9 Å². The molecule has 0 spiro atoms. The summed E-state index contributed by atoms with van der Waals surface area (Å²) in [7, 11) is 6.41. The monoisotopic (exact) mass is 290 g/mol. The number of likely N-dealkylation sites (tertiary alicyclic amines) is 1. The molecular formula is C17H30N4. The molecule has 1 fully saturated rings. The molecule has 118 valence electrons. The van der Waals surface area contributed by atoms with Gasteiger partial charge < -0.3 is 15.1 Å². The molecule has 0 bridgehead atoms. The molecule has 1 aliphatic heterocycles. The molecule has 0 saturated carbocycles. The summed E-state index contributed by atoms with van der Waals surface area (Å²) in [5.41, 5.74) is 2.55. The molecule has 1 saturated heterocycles. The van der Waals surface area contributed by atoms with Crippen LogP contribution in [0.5, 0.6) is 0 Å². The Morgan fingerprint density at radius 2 is 2.24 bits per heavy atom. The first-order valence-electron chi connectivity index (χ1n) is 8.19. The third-order valence-electron chi connectivity index (χ3n) is 4.36. The molecule has 0 aliphatic carbocycles. The van der Waals surface area contributed by atoms with Crippen LogP contribution in [-0.4, -0.2) is 50.2 Å². The molecule has 1 aromatic rings. The van der Waals surface area contributed by atoms with Crippen molar-refractivity contribution in [2.45, 2.75) is 45.2 Å². The fourth-order valence-electron chi connectivity index (χ4n) is 3.14. The Balaban J connectivity index is 2.12. The molecule has 1 aliphatic rings. The highest BCUT2D eigenvalue weighted by Gasteiger charge is 2.22. The van der Waals surface area contributed by atoms with Gasteiger partial charge in [0.25, 0.3) is 0 Å². The van der Waals surface area contributed by atoms with E-state index in [1.807, 2.05) is 7.05 Å². The van der Waals surface area contributed by atoms with Gasteiger partial charge in [0.15, 0.2) is 0 Å². The largest absolute Gasteiger partial charge is 0.358 e. The number of aromatic nitrogens is 1. The van der Waals surface area contributed by atoms with Gasteiger partial charge >= 0.3 is 0 Å². The Morgan fingerprint density at radius 1 is 1.43 bits per heavy atom. The standard InChI is InChI=1S/C17H30N4/c1-5-7-15-10-14(12-18-2)11-17(19-15)21(4)13-16-8-6-9-20(16)3/h10-11,16,18H,5-9,12-13H2,1-4H3. The molecule has 21 heavy (non-hydrogen) atoms. The minimum absolute atomic E-state index is 0.666. The SMILES string of the molecule is CCCc1cc(CNC)cc(N(C)CC2CCCN2C)n1. The molecule has 4 heteroatoms. The van der Waals surface area contributed by atoms with Crippen LogP contribution in [0, 0.1) is 0 Å². The van der Waals surface area contributed by atoms with Crippen molar-refractivity contribution in [2.24, 2.45) is 0 Å². The highest BCUT2D eigenvalue weighted by Crippen LogP contribution is 2.20. The van der Waals surface area contributed by atoms with Gasteiger partial charge in [-0.1, -0.05) is 13.3 Å². The van der Waals surface area contributed by atoms with Crippen LogP contribution in [0.3, 0.4) is 0 Å². The second kappa shape index (κ2) is 7.76. The summed E-state index contributed by atoms with van der Waals surface area (Å²) in [6.45, 7) is 5.41. The van der Waals surface area contributed by atoms with Crippen molar-refractivity contribution in [3.05, 3.63) is 23.4 Å². The highest BCUT2D eigenvalue weighted by molar-refractivity contribution is 5.42. The zero-order valence-corrected chi connectivity index (χ0v) is 14.0. The molecule has 0 aromatic carbocycles. The Labute approximate surface area is 129 Å². The quantitative estimate of drug-likeness (QED) is 0.835. The van der Waals surface area contributed by atoms with Crippen LogP contribution in [0.4, 0.5) is 5.82 Å². The fraction of sp³-hybridized carbons (Fsp3) is 0.706. The van der Waals surface area contributed by atoms with Crippen LogP contribution in [0.25, 0.3) is 0 Å². The molecule has 0 amide bonds. The number of likely N-dealkylation sites (N-methyl/N-ethyl adjacent to an activating group) is 2. The number of nitrogens with one attached hydrogen (secondary N) is 1. The number of hydrogen-bond donors (Lipinski definition) is 1. The lowest BCUT2D eigenvalue weighted by atomic mass is 10.1. The van der Waals surface area contributed by atoms with E-state index in [0.29, 0.717) is 6.04 Å². The van der Waals surface area contributed by atoms with Gasteiger partial charge in [-0.25, -0.2) is 4.98 Å². The second-order valence-electron chi connectivity index (χ2n) is 6.26. The summed E-state index contributed by atoms with van der Waals surface area (Å²) in [6.07, 6.45) is 4.83. The third kappa shape index (κ3) is 4.42. The summed E-state index contributed by atoms with van der Waals surface area (Å²) >= 11 is 0. The van der Waals surface area contributed by atoms with Crippen molar-refractivity contribution < 1.29 is 0 Å². The van der Waals surface area contributed by atoms with Gasteiger partial charge in [-0.05, 0) is 57.6 Å². The fourth-order valence-corrected chi connectivity index (χ4v) is 3.14. The van der Waals surface area contributed by atoms with Gasteiger partial charge in [0.2, 0.25) is 0 Å². The van der Waals surface area contributed by atoms with E-state index in [9.17, 15) is 0 Å². The summed E-state index contributed by atoms with van der Waals surface area (Å²) < 4.78 is 0. The van der Waals surface area contributed by atoms with Crippen molar-refractivity contribution in [3.63, 3.8) is 0 Å². The highest BCUT2D eigenvalue weighted by atomic mass is 15.2. The van der Waals surface area contributed by atoms with Crippen molar-refractivity contribution in [1.29, 1.82) is 0 Å². The average molecular weight is 290 g/mol. The maximum atomic E-state index is 4.85. The van der Waals surface area contributed by atoms with Gasteiger partial charge in [-0.2, -0.15) is 0 Å². The Bertz CT molecular complexity index is 422. The Kier molecular flexibility index (Phi) is 6.00. The number of anilines is 1. The van der Waals surface area contributed by atoms with Crippen LogP contribution in [0.2, 0.25) is 0 Å². The van der Waals surface area contributed by atoms with Crippen LogP contribution in [-0.2, 0) is 13.0 Å². The predicted molar refractivity (Wildman–Crippen MR) is 89.9 cm³/mol. The van der Waals surface area contributed by atoms with Crippen LogP contribution >= 0.6 is 0 Å².